The van der Waals surface area contributed by atoms with Crippen LogP contribution in [0.1, 0.15) is 29.8 Å². The Labute approximate surface area is 142 Å². The van der Waals surface area contributed by atoms with Crippen molar-refractivity contribution in [2.24, 2.45) is 0 Å². The van der Waals surface area contributed by atoms with Crippen molar-refractivity contribution >= 4 is 17.8 Å². The van der Waals surface area contributed by atoms with Crippen LogP contribution in [0.15, 0.2) is 24.3 Å². The van der Waals surface area contributed by atoms with E-state index < -0.39 is 36.8 Å². The molecule has 138 valence electrons. The van der Waals surface area contributed by atoms with Crippen LogP contribution in [0.2, 0.25) is 0 Å². The van der Waals surface area contributed by atoms with E-state index in [-0.39, 0.29) is 11.5 Å². The van der Waals surface area contributed by atoms with Gasteiger partial charge in [-0.25, -0.2) is 0 Å². The van der Waals surface area contributed by atoms with Crippen molar-refractivity contribution < 1.29 is 32.3 Å². The van der Waals surface area contributed by atoms with Crippen LogP contribution in [0.4, 0.5) is 13.2 Å². The van der Waals surface area contributed by atoms with E-state index in [0.29, 0.717) is 13.1 Å². The Hall–Kier alpha value is -2.58. The Balaban J connectivity index is 2.45. The molecule has 6 nitrogen and oxygen atoms in total. The van der Waals surface area contributed by atoms with Gasteiger partial charge in [-0.15, -0.1) is 0 Å². The largest absolute Gasteiger partial charge is 0.454 e. The predicted molar refractivity (Wildman–Crippen MR) is 82.7 cm³/mol. The first-order valence-corrected chi connectivity index (χ1v) is 7.57. The number of alkyl halides is 3. The lowest BCUT2D eigenvalue weighted by Crippen LogP contribution is -2.36. The minimum absolute atomic E-state index is 0.0278. The van der Waals surface area contributed by atoms with E-state index in [1.54, 1.807) is 13.8 Å². The highest BCUT2D eigenvalue weighted by Gasteiger charge is 2.30. The van der Waals surface area contributed by atoms with Crippen molar-refractivity contribution in [3.05, 3.63) is 35.4 Å². The second-order valence-corrected chi connectivity index (χ2v) is 4.98. The summed E-state index contributed by atoms with van der Waals surface area (Å²) in [6.45, 7) is 3.61. The molecule has 0 saturated carbocycles. The van der Waals surface area contributed by atoms with Crippen molar-refractivity contribution in [2.45, 2.75) is 20.0 Å². The number of amides is 2. The van der Waals surface area contributed by atoms with Gasteiger partial charge in [0, 0.05) is 18.7 Å². The molecule has 1 N–H and O–H groups in total. The molecule has 0 spiro atoms. The van der Waals surface area contributed by atoms with Crippen LogP contribution in [0.5, 0.6) is 0 Å². The number of hydrogen-bond donors (Lipinski definition) is 1. The molecule has 0 saturated heterocycles. The Morgan fingerprint density at radius 3 is 2.12 bits per heavy atom. The fourth-order valence-electron chi connectivity index (χ4n) is 1.93. The van der Waals surface area contributed by atoms with Crippen LogP contribution in [0.25, 0.3) is 0 Å². The van der Waals surface area contributed by atoms with Crippen LogP contribution in [-0.4, -0.2) is 48.9 Å². The van der Waals surface area contributed by atoms with Crippen LogP contribution in [0, 0.1) is 0 Å². The summed E-state index contributed by atoms with van der Waals surface area (Å²) < 4.78 is 42.1. The van der Waals surface area contributed by atoms with Gasteiger partial charge in [0.05, 0.1) is 5.56 Å². The lowest BCUT2D eigenvalue weighted by molar-refractivity contribution is -0.151. The zero-order valence-electron chi connectivity index (χ0n) is 13.9. The lowest BCUT2D eigenvalue weighted by atomic mass is 10.1. The summed E-state index contributed by atoms with van der Waals surface area (Å²) in [5, 5.41) is 2.22. The van der Waals surface area contributed by atoms with Gasteiger partial charge in [0.1, 0.15) is 6.54 Å². The van der Waals surface area contributed by atoms with Crippen molar-refractivity contribution in [3.8, 4) is 0 Å². The zero-order chi connectivity index (χ0) is 19.0. The number of halogens is 3. The molecule has 1 aromatic rings. The highest BCUT2D eigenvalue weighted by Crippen LogP contribution is 2.28. The van der Waals surface area contributed by atoms with Crippen LogP contribution >= 0.6 is 0 Å². The molecule has 0 atom stereocenters. The molecule has 9 heteroatoms. The van der Waals surface area contributed by atoms with Gasteiger partial charge >= 0.3 is 12.1 Å². The third-order valence-corrected chi connectivity index (χ3v) is 3.34. The van der Waals surface area contributed by atoms with E-state index in [4.69, 9.17) is 4.74 Å². The first-order chi connectivity index (χ1) is 11.7. The van der Waals surface area contributed by atoms with E-state index in [9.17, 15) is 27.6 Å². The second kappa shape index (κ2) is 9.05. The predicted octanol–water partition coefficient (Wildman–Crippen LogP) is 1.85. The number of carbonyl (C=O) groups excluding carboxylic acids is 3. The molecular formula is C16H19F3N2O4. The Morgan fingerprint density at radius 2 is 1.64 bits per heavy atom. The molecule has 25 heavy (non-hydrogen) atoms. The molecule has 0 aliphatic heterocycles. The summed E-state index contributed by atoms with van der Waals surface area (Å²) >= 11 is 0. The third-order valence-electron chi connectivity index (χ3n) is 3.34. The standard InChI is InChI=1S/C16H19F3N2O4/c1-3-21(4-2)13(22)10-25-14(23)9-20-15(24)11-5-7-12(8-6-11)16(17,18)19/h5-8H,3-4,9-10H2,1-2H3,(H,20,24). The SMILES string of the molecule is CCN(CC)C(=O)COC(=O)CNC(=O)c1ccc(C(F)(F)F)cc1. The molecule has 0 heterocycles. The second-order valence-electron chi connectivity index (χ2n) is 4.98. The van der Waals surface area contributed by atoms with Crippen LogP contribution in [-0.2, 0) is 20.5 Å². The summed E-state index contributed by atoms with van der Waals surface area (Å²) in [7, 11) is 0. The van der Waals surface area contributed by atoms with Crippen molar-refractivity contribution in [1.82, 2.24) is 10.2 Å². The Bertz CT molecular complexity index is 611. The Morgan fingerprint density at radius 1 is 1.08 bits per heavy atom. The number of ether oxygens (including phenoxy) is 1. The molecule has 0 radical (unpaired) electrons. The summed E-state index contributed by atoms with van der Waals surface area (Å²) in [5.74, 6) is -1.89. The molecule has 0 aliphatic rings. The average molecular weight is 360 g/mol. The number of rotatable bonds is 7. The minimum Gasteiger partial charge on any atom is -0.454 e. The van der Waals surface area contributed by atoms with Gasteiger partial charge in [0.2, 0.25) is 0 Å². The number of nitrogens with one attached hydrogen (secondary N) is 1. The number of likely N-dealkylation sites (N-methyl/N-ethyl adjacent to an activating group) is 1. The number of nitrogens with zero attached hydrogens (tertiary/aromatic N) is 1. The molecule has 0 aliphatic carbocycles. The highest BCUT2D eigenvalue weighted by molar-refractivity contribution is 5.96. The zero-order valence-corrected chi connectivity index (χ0v) is 13.9. The number of carbonyl (C=O) groups is 3. The molecule has 1 rings (SSSR count). The van der Waals surface area contributed by atoms with E-state index in [2.05, 4.69) is 5.32 Å². The molecule has 0 aromatic heterocycles. The topological polar surface area (TPSA) is 75.7 Å². The van der Waals surface area contributed by atoms with Crippen molar-refractivity contribution in [3.63, 3.8) is 0 Å². The summed E-state index contributed by atoms with van der Waals surface area (Å²) in [4.78, 5) is 36.4. The van der Waals surface area contributed by atoms with E-state index in [1.165, 1.54) is 4.90 Å². The maximum atomic E-state index is 12.4. The molecule has 2 amide bonds. The lowest BCUT2D eigenvalue weighted by Gasteiger charge is -2.18. The van der Waals surface area contributed by atoms with E-state index in [0.717, 1.165) is 24.3 Å². The smallest absolute Gasteiger partial charge is 0.416 e. The van der Waals surface area contributed by atoms with Gasteiger partial charge in [0.15, 0.2) is 6.61 Å². The monoisotopic (exact) mass is 360 g/mol. The molecule has 0 fully saturated rings. The summed E-state index contributed by atoms with van der Waals surface area (Å²) in [5.41, 5.74) is -0.904. The minimum atomic E-state index is -4.49. The van der Waals surface area contributed by atoms with Gasteiger partial charge in [0.25, 0.3) is 11.8 Å². The van der Waals surface area contributed by atoms with Gasteiger partial charge in [-0.2, -0.15) is 13.2 Å². The maximum Gasteiger partial charge on any atom is 0.416 e. The first kappa shape index (κ1) is 20.5. The van der Waals surface area contributed by atoms with Crippen molar-refractivity contribution in [1.29, 1.82) is 0 Å². The van der Waals surface area contributed by atoms with Gasteiger partial charge in [-0.05, 0) is 38.1 Å². The summed E-state index contributed by atoms with van der Waals surface area (Å²) in [6, 6.07) is 3.56. The van der Waals surface area contributed by atoms with Gasteiger partial charge in [-0.3, -0.25) is 14.4 Å². The Kier molecular flexibility index (Phi) is 7.41. The highest BCUT2D eigenvalue weighted by atomic mass is 19.4. The van der Waals surface area contributed by atoms with E-state index in [1.807, 2.05) is 0 Å². The molecule has 1 aromatic carbocycles. The fraction of sp³-hybridized carbons (Fsp3) is 0.438. The van der Waals surface area contributed by atoms with Gasteiger partial charge < -0.3 is 15.0 Å². The normalized spacial score (nSPS) is 10.9. The number of hydrogen-bond acceptors (Lipinski definition) is 4. The molecule has 0 unspecified atom stereocenters. The maximum absolute atomic E-state index is 12.4. The number of benzene rings is 1. The molecular weight excluding hydrogens is 341 g/mol. The van der Waals surface area contributed by atoms with Crippen LogP contribution in [0.3, 0.4) is 0 Å². The third kappa shape index (κ3) is 6.44. The van der Waals surface area contributed by atoms with E-state index >= 15 is 0 Å². The molecule has 0 bridgehead atoms. The summed E-state index contributed by atoms with van der Waals surface area (Å²) in [6.07, 6.45) is -4.49. The number of esters is 1. The first-order valence-electron chi connectivity index (χ1n) is 7.57. The fourth-order valence-corrected chi connectivity index (χ4v) is 1.93. The van der Waals surface area contributed by atoms with Crippen molar-refractivity contribution in [2.75, 3.05) is 26.2 Å². The van der Waals surface area contributed by atoms with Gasteiger partial charge in [-0.1, -0.05) is 0 Å². The average Bonchev–Trinajstić information content (AvgIpc) is 2.58. The van der Waals surface area contributed by atoms with Crippen LogP contribution < -0.4 is 5.32 Å². The quantitative estimate of drug-likeness (QED) is 0.753.